The van der Waals surface area contributed by atoms with E-state index in [0.717, 1.165) is 7.11 Å². The molecule has 2 rings (SSSR count). The van der Waals surface area contributed by atoms with Crippen LogP contribution < -0.4 is 5.32 Å². The molecule has 0 amide bonds. The third kappa shape index (κ3) is 5.24. The van der Waals surface area contributed by atoms with E-state index in [1.807, 2.05) is 0 Å². The molecule has 2 saturated heterocycles. The van der Waals surface area contributed by atoms with Crippen LogP contribution in [0.2, 0.25) is 0 Å². The minimum atomic E-state index is -2.11. The van der Waals surface area contributed by atoms with Crippen LogP contribution in [0.3, 0.4) is 0 Å². The smallest absolute Gasteiger partial charge is 0.335 e. The van der Waals surface area contributed by atoms with Gasteiger partial charge in [0.25, 0.3) is 0 Å². The molecule has 7 N–H and O–H groups in total. The van der Waals surface area contributed by atoms with Gasteiger partial charge in [-0.3, -0.25) is 5.32 Å². The van der Waals surface area contributed by atoms with Gasteiger partial charge in [0.15, 0.2) is 25.0 Å². The van der Waals surface area contributed by atoms with E-state index in [-0.39, 0.29) is 6.73 Å². The Kier molecular flexibility index (Phi) is 9.29. The number of ether oxygens (including phenoxy) is 6. The molecule has 176 valence electrons. The maximum Gasteiger partial charge on any atom is 0.335 e. The summed E-state index contributed by atoms with van der Waals surface area (Å²) in [5.41, 5.74) is 0. The third-order valence-electron chi connectivity index (χ3n) is 4.95. The van der Waals surface area contributed by atoms with E-state index < -0.39 is 73.6 Å². The Labute approximate surface area is 171 Å². The molecule has 2 heterocycles. The number of hydrogen-bond acceptors (Lipinski definition) is 13. The van der Waals surface area contributed by atoms with Gasteiger partial charge in [0.1, 0.15) is 36.6 Å². The van der Waals surface area contributed by atoms with Gasteiger partial charge >= 0.3 is 5.97 Å². The highest BCUT2D eigenvalue weighted by Gasteiger charge is 2.53. The van der Waals surface area contributed by atoms with Gasteiger partial charge in [-0.2, -0.15) is 0 Å². The molecule has 10 unspecified atom stereocenters. The number of aliphatic hydroxyl groups is 5. The molecule has 2 fully saturated rings. The fraction of sp³-hybridized carbons (Fsp3) is 0.938. The maximum atomic E-state index is 11.5. The molecule has 0 spiro atoms. The van der Waals surface area contributed by atoms with Crippen LogP contribution in [0, 0.1) is 0 Å². The first-order valence-corrected chi connectivity index (χ1v) is 9.05. The molecule has 0 aromatic heterocycles. The van der Waals surface area contributed by atoms with Crippen molar-refractivity contribution in [2.45, 2.75) is 67.6 Å². The highest BCUT2D eigenvalue weighted by Crippen LogP contribution is 2.31. The molecule has 2 aliphatic rings. The molecule has 30 heavy (non-hydrogen) atoms. The highest BCUT2D eigenvalue weighted by molar-refractivity contribution is 5.73. The average molecular weight is 443 g/mol. The number of methoxy groups -OCH3 is 3. The summed E-state index contributed by atoms with van der Waals surface area (Å²) in [6.45, 7) is -0.0486. The van der Waals surface area contributed by atoms with Crippen molar-refractivity contribution in [3.8, 4) is 0 Å². The van der Waals surface area contributed by atoms with Crippen LogP contribution in [0.1, 0.15) is 0 Å². The van der Waals surface area contributed by atoms with E-state index in [9.17, 15) is 35.4 Å². The van der Waals surface area contributed by atoms with Crippen molar-refractivity contribution >= 4 is 5.97 Å². The number of rotatable bonds is 9. The third-order valence-corrected chi connectivity index (χ3v) is 4.95. The molecule has 14 nitrogen and oxygen atoms in total. The molecular weight excluding hydrogens is 414 g/mol. The van der Waals surface area contributed by atoms with Crippen LogP contribution in [0.4, 0.5) is 0 Å². The fourth-order valence-electron chi connectivity index (χ4n) is 3.45. The Balaban J connectivity index is 2.30. The van der Waals surface area contributed by atoms with Gasteiger partial charge in [-0.25, -0.2) is 4.79 Å². The lowest BCUT2D eigenvalue weighted by Crippen LogP contribution is -2.68. The number of aliphatic hydroxyl groups excluding tert-OH is 4. The zero-order valence-corrected chi connectivity index (χ0v) is 16.6. The van der Waals surface area contributed by atoms with Gasteiger partial charge < -0.3 is 59.1 Å². The van der Waals surface area contributed by atoms with E-state index in [0.29, 0.717) is 0 Å². The monoisotopic (exact) mass is 443 g/mol. The number of carboxylic acid groups (broad SMARTS) is 1. The molecule has 0 bridgehead atoms. The Hall–Kier alpha value is -1.01. The van der Waals surface area contributed by atoms with Crippen molar-refractivity contribution in [1.29, 1.82) is 0 Å². The standard InChI is InChI=1S/C16H29NO13/c1-25-4-17-5-9(8(20)11(13(21)22)29-15(5)27-3)28-16-7(19)6(18)10(26-2)12(30-16)14(23)24/h5-13,15-22H,4H2,1-3H3,(H,23,24). The Bertz CT molecular complexity index is 551. The van der Waals surface area contributed by atoms with Crippen molar-refractivity contribution in [3.63, 3.8) is 0 Å². The van der Waals surface area contributed by atoms with Gasteiger partial charge in [0, 0.05) is 21.3 Å². The van der Waals surface area contributed by atoms with Gasteiger partial charge in [0.05, 0.1) is 12.8 Å². The maximum absolute atomic E-state index is 11.5. The van der Waals surface area contributed by atoms with Crippen LogP contribution in [-0.4, -0.2) is 132 Å². The van der Waals surface area contributed by atoms with E-state index in [2.05, 4.69) is 5.32 Å². The zero-order chi connectivity index (χ0) is 22.6. The van der Waals surface area contributed by atoms with Crippen molar-refractivity contribution < 1.29 is 63.9 Å². The molecular formula is C16H29NO13. The fourth-order valence-corrected chi connectivity index (χ4v) is 3.45. The Morgan fingerprint density at radius 3 is 2.13 bits per heavy atom. The largest absolute Gasteiger partial charge is 0.479 e. The lowest BCUT2D eigenvalue weighted by Gasteiger charge is -2.47. The Morgan fingerprint density at radius 2 is 1.63 bits per heavy atom. The summed E-state index contributed by atoms with van der Waals surface area (Å²) in [5.74, 6) is -1.47. The van der Waals surface area contributed by atoms with Crippen molar-refractivity contribution in [2.75, 3.05) is 28.1 Å². The number of aliphatic carboxylic acids is 1. The summed E-state index contributed by atoms with van der Waals surface area (Å²) in [5, 5.41) is 62.4. The molecule has 0 aromatic carbocycles. The summed E-state index contributed by atoms with van der Waals surface area (Å²) in [6.07, 6.45) is -16.1. The number of carbonyl (C=O) groups is 1. The lowest BCUT2D eigenvalue weighted by atomic mass is 9.95. The van der Waals surface area contributed by atoms with Crippen LogP contribution in [0.15, 0.2) is 0 Å². The SMILES string of the molecule is COCNC1C(OC)OC(C(O)O)C(O)C1OC1OC(C(=O)O)C(OC)C(O)C1O. The first-order chi connectivity index (χ1) is 14.2. The summed E-state index contributed by atoms with van der Waals surface area (Å²) in [7, 11) is 3.79. The number of carboxylic acids is 1. The van der Waals surface area contributed by atoms with Crippen LogP contribution in [-0.2, 0) is 33.2 Å². The van der Waals surface area contributed by atoms with Gasteiger partial charge in [-0.1, -0.05) is 0 Å². The first kappa shape index (κ1) is 25.3. The van der Waals surface area contributed by atoms with Gasteiger partial charge in [0.2, 0.25) is 0 Å². The molecule has 2 aliphatic heterocycles. The summed E-state index contributed by atoms with van der Waals surface area (Å²) in [4.78, 5) is 11.5. The minimum Gasteiger partial charge on any atom is -0.479 e. The first-order valence-electron chi connectivity index (χ1n) is 9.05. The molecule has 10 atom stereocenters. The summed E-state index contributed by atoms with van der Waals surface area (Å²) < 4.78 is 31.2. The number of nitrogens with one attached hydrogen (secondary N) is 1. The highest BCUT2D eigenvalue weighted by atomic mass is 16.7. The predicted octanol–water partition coefficient (Wildman–Crippen LogP) is -4.48. The van der Waals surface area contributed by atoms with Gasteiger partial charge in [-0.15, -0.1) is 0 Å². The second kappa shape index (κ2) is 11.0. The van der Waals surface area contributed by atoms with Gasteiger partial charge in [-0.05, 0) is 0 Å². The van der Waals surface area contributed by atoms with Crippen LogP contribution >= 0.6 is 0 Å². The predicted molar refractivity (Wildman–Crippen MR) is 92.7 cm³/mol. The average Bonchev–Trinajstić information content (AvgIpc) is 2.70. The van der Waals surface area contributed by atoms with Crippen molar-refractivity contribution in [1.82, 2.24) is 5.32 Å². The van der Waals surface area contributed by atoms with Crippen LogP contribution in [0.25, 0.3) is 0 Å². The van der Waals surface area contributed by atoms with Crippen LogP contribution in [0.5, 0.6) is 0 Å². The second-order valence-electron chi connectivity index (χ2n) is 6.82. The Morgan fingerprint density at radius 1 is 0.967 bits per heavy atom. The topological polar surface area (TPSA) is 206 Å². The molecule has 14 heteroatoms. The quantitative estimate of drug-likeness (QED) is 0.168. The molecule has 0 saturated carbocycles. The summed E-state index contributed by atoms with van der Waals surface area (Å²) >= 11 is 0. The van der Waals surface area contributed by atoms with Crippen molar-refractivity contribution in [3.05, 3.63) is 0 Å². The van der Waals surface area contributed by atoms with Crippen molar-refractivity contribution in [2.24, 2.45) is 0 Å². The van der Waals surface area contributed by atoms with E-state index >= 15 is 0 Å². The molecule has 0 aliphatic carbocycles. The van der Waals surface area contributed by atoms with E-state index in [4.69, 9.17) is 28.4 Å². The normalized spacial score (nSPS) is 42.4. The zero-order valence-electron chi connectivity index (χ0n) is 16.6. The van der Waals surface area contributed by atoms with E-state index in [1.54, 1.807) is 0 Å². The minimum absolute atomic E-state index is 0.0486. The summed E-state index contributed by atoms with van der Waals surface area (Å²) in [6, 6.07) is -0.976. The number of hydrogen-bond donors (Lipinski definition) is 7. The van der Waals surface area contributed by atoms with E-state index in [1.165, 1.54) is 14.2 Å². The molecule has 0 aromatic rings. The second-order valence-corrected chi connectivity index (χ2v) is 6.82. The molecule has 0 radical (unpaired) electrons. The lowest BCUT2D eigenvalue weighted by molar-refractivity contribution is -0.351.